The van der Waals surface area contributed by atoms with Crippen molar-refractivity contribution in [3.05, 3.63) is 11.8 Å². The van der Waals surface area contributed by atoms with Gasteiger partial charge in [-0.2, -0.15) is 0 Å². The van der Waals surface area contributed by atoms with Gasteiger partial charge < -0.3 is 18.6 Å². The van der Waals surface area contributed by atoms with Gasteiger partial charge in [-0.15, -0.1) is 10.2 Å². The molecule has 2 aliphatic rings. The van der Waals surface area contributed by atoms with Crippen LogP contribution < -0.4 is 0 Å². The Morgan fingerprint density at radius 1 is 1.05 bits per heavy atom. The van der Waals surface area contributed by atoms with Crippen LogP contribution in [0.15, 0.2) is 4.42 Å². The number of rotatable bonds is 4. The van der Waals surface area contributed by atoms with Crippen molar-refractivity contribution < 1.29 is 23.4 Å². The average Bonchev–Trinajstić information content (AvgIpc) is 3.03. The lowest BCUT2D eigenvalue weighted by molar-refractivity contribution is -0.153. The van der Waals surface area contributed by atoms with E-state index in [1.807, 2.05) is 0 Å². The Balaban J connectivity index is 1.48. The molecule has 0 radical (unpaired) electrons. The van der Waals surface area contributed by atoms with Crippen LogP contribution in [-0.4, -0.2) is 42.6 Å². The summed E-state index contributed by atoms with van der Waals surface area (Å²) in [6.45, 7) is 2.73. The number of aromatic nitrogens is 2. The van der Waals surface area contributed by atoms with Gasteiger partial charge in [-0.1, -0.05) is 0 Å². The van der Waals surface area contributed by atoms with E-state index in [0.29, 0.717) is 25.0 Å². The summed E-state index contributed by atoms with van der Waals surface area (Å²) in [5.41, 5.74) is 0. The standard InChI is InChI=1S/C14H20N2O5/c17-14(11-3-7-19-8-4-11)20-9-12-15-16-13(21-12)10-1-5-18-6-2-10/h10-11H,1-9H2. The fourth-order valence-corrected chi connectivity index (χ4v) is 2.62. The number of hydrogen-bond donors (Lipinski definition) is 0. The van der Waals surface area contributed by atoms with E-state index in [1.165, 1.54) is 0 Å². The maximum atomic E-state index is 11.9. The molecule has 1 aromatic heterocycles. The van der Waals surface area contributed by atoms with Crippen LogP contribution in [0.2, 0.25) is 0 Å². The summed E-state index contributed by atoms with van der Waals surface area (Å²) in [6, 6.07) is 0. The first kappa shape index (κ1) is 14.5. The van der Waals surface area contributed by atoms with Gasteiger partial charge in [-0.3, -0.25) is 4.79 Å². The molecule has 0 atom stereocenters. The van der Waals surface area contributed by atoms with Crippen LogP contribution in [0.3, 0.4) is 0 Å². The van der Waals surface area contributed by atoms with Gasteiger partial charge in [0.25, 0.3) is 5.89 Å². The van der Waals surface area contributed by atoms with Crippen molar-refractivity contribution in [2.24, 2.45) is 5.92 Å². The molecular weight excluding hydrogens is 276 g/mol. The van der Waals surface area contributed by atoms with Gasteiger partial charge in [0.15, 0.2) is 6.61 Å². The van der Waals surface area contributed by atoms with E-state index >= 15 is 0 Å². The Morgan fingerprint density at radius 2 is 1.71 bits per heavy atom. The second-order valence-electron chi connectivity index (χ2n) is 5.42. The van der Waals surface area contributed by atoms with Crippen LogP contribution >= 0.6 is 0 Å². The van der Waals surface area contributed by atoms with E-state index in [4.69, 9.17) is 18.6 Å². The highest BCUT2D eigenvalue weighted by atomic mass is 16.5. The zero-order chi connectivity index (χ0) is 14.5. The van der Waals surface area contributed by atoms with Crippen molar-refractivity contribution in [2.75, 3.05) is 26.4 Å². The van der Waals surface area contributed by atoms with Crippen LogP contribution in [0.4, 0.5) is 0 Å². The molecule has 0 saturated carbocycles. The van der Waals surface area contributed by atoms with Crippen molar-refractivity contribution in [1.29, 1.82) is 0 Å². The van der Waals surface area contributed by atoms with Crippen LogP contribution in [0.1, 0.15) is 43.4 Å². The van der Waals surface area contributed by atoms with Crippen molar-refractivity contribution in [1.82, 2.24) is 10.2 Å². The second kappa shape index (κ2) is 7.00. The van der Waals surface area contributed by atoms with Crippen molar-refractivity contribution >= 4 is 5.97 Å². The number of esters is 1. The predicted molar refractivity (Wildman–Crippen MR) is 70.4 cm³/mol. The third-order valence-corrected chi connectivity index (χ3v) is 3.95. The minimum Gasteiger partial charge on any atom is -0.455 e. The van der Waals surface area contributed by atoms with E-state index in [2.05, 4.69) is 10.2 Å². The number of carbonyl (C=O) groups is 1. The summed E-state index contributed by atoms with van der Waals surface area (Å²) in [5.74, 6) is 0.958. The Bertz CT molecular complexity index is 464. The van der Waals surface area contributed by atoms with E-state index in [0.717, 1.165) is 38.9 Å². The van der Waals surface area contributed by atoms with Crippen molar-refractivity contribution in [3.63, 3.8) is 0 Å². The number of hydrogen-bond acceptors (Lipinski definition) is 7. The smallest absolute Gasteiger partial charge is 0.309 e. The van der Waals surface area contributed by atoms with Gasteiger partial charge in [0, 0.05) is 32.3 Å². The van der Waals surface area contributed by atoms with Gasteiger partial charge in [-0.25, -0.2) is 0 Å². The molecule has 3 rings (SSSR count). The summed E-state index contributed by atoms with van der Waals surface area (Å²) >= 11 is 0. The topological polar surface area (TPSA) is 83.7 Å². The molecule has 2 saturated heterocycles. The quantitative estimate of drug-likeness (QED) is 0.777. The van der Waals surface area contributed by atoms with Crippen molar-refractivity contribution in [2.45, 2.75) is 38.2 Å². The highest BCUT2D eigenvalue weighted by Crippen LogP contribution is 2.25. The largest absolute Gasteiger partial charge is 0.455 e. The van der Waals surface area contributed by atoms with Gasteiger partial charge in [-0.05, 0) is 25.7 Å². The number of nitrogens with zero attached hydrogens (tertiary/aromatic N) is 2. The Hall–Kier alpha value is -1.47. The lowest BCUT2D eigenvalue weighted by atomic mass is 10.0. The zero-order valence-corrected chi connectivity index (χ0v) is 12.0. The average molecular weight is 296 g/mol. The maximum absolute atomic E-state index is 11.9. The molecule has 0 amide bonds. The van der Waals surface area contributed by atoms with E-state index < -0.39 is 0 Å². The minimum atomic E-state index is -0.205. The molecule has 1 aromatic rings. The fourth-order valence-electron chi connectivity index (χ4n) is 2.62. The van der Waals surface area contributed by atoms with E-state index in [9.17, 15) is 4.79 Å². The highest BCUT2D eigenvalue weighted by Gasteiger charge is 2.25. The summed E-state index contributed by atoms with van der Waals surface area (Å²) in [6.07, 6.45) is 3.22. The van der Waals surface area contributed by atoms with Crippen LogP contribution in [0.25, 0.3) is 0 Å². The third kappa shape index (κ3) is 3.79. The molecule has 7 nitrogen and oxygen atoms in total. The van der Waals surface area contributed by atoms with Gasteiger partial charge >= 0.3 is 5.97 Å². The van der Waals surface area contributed by atoms with Crippen molar-refractivity contribution in [3.8, 4) is 0 Å². The molecule has 0 aromatic carbocycles. The third-order valence-electron chi connectivity index (χ3n) is 3.95. The molecule has 3 heterocycles. The lowest BCUT2D eigenvalue weighted by Gasteiger charge is -2.20. The maximum Gasteiger partial charge on any atom is 0.309 e. The lowest BCUT2D eigenvalue weighted by Crippen LogP contribution is -2.25. The van der Waals surface area contributed by atoms with E-state index in [-0.39, 0.29) is 24.4 Å². The van der Waals surface area contributed by atoms with Gasteiger partial charge in [0.2, 0.25) is 5.89 Å². The van der Waals surface area contributed by atoms with Gasteiger partial charge in [0.05, 0.1) is 5.92 Å². The van der Waals surface area contributed by atoms with Crippen LogP contribution in [-0.2, 0) is 25.6 Å². The number of ether oxygens (including phenoxy) is 3. The molecular formula is C14H20N2O5. The van der Waals surface area contributed by atoms with E-state index in [1.54, 1.807) is 0 Å². The predicted octanol–water partition coefficient (Wildman–Crippen LogP) is 1.43. The molecule has 2 fully saturated rings. The Labute approximate surface area is 123 Å². The zero-order valence-electron chi connectivity index (χ0n) is 12.0. The van der Waals surface area contributed by atoms with Crippen LogP contribution in [0.5, 0.6) is 0 Å². The molecule has 0 unspecified atom stereocenters. The molecule has 0 bridgehead atoms. The first-order valence-electron chi connectivity index (χ1n) is 7.47. The molecule has 116 valence electrons. The normalized spacial score (nSPS) is 21.3. The number of carbonyl (C=O) groups excluding carboxylic acids is 1. The molecule has 0 N–H and O–H groups in total. The van der Waals surface area contributed by atoms with Crippen LogP contribution in [0, 0.1) is 5.92 Å². The molecule has 21 heavy (non-hydrogen) atoms. The molecule has 7 heteroatoms. The Morgan fingerprint density at radius 3 is 2.43 bits per heavy atom. The fraction of sp³-hybridized carbons (Fsp3) is 0.786. The molecule has 2 aliphatic heterocycles. The Kier molecular flexibility index (Phi) is 4.82. The summed E-state index contributed by atoms with van der Waals surface area (Å²) < 4.78 is 21.4. The second-order valence-corrected chi connectivity index (χ2v) is 5.42. The monoisotopic (exact) mass is 296 g/mol. The first-order chi connectivity index (χ1) is 10.3. The summed E-state index contributed by atoms with van der Waals surface area (Å²) in [7, 11) is 0. The van der Waals surface area contributed by atoms with Gasteiger partial charge in [0.1, 0.15) is 0 Å². The molecule has 0 spiro atoms. The summed E-state index contributed by atoms with van der Waals surface area (Å²) in [5, 5.41) is 8.00. The SMILES string of the molecule is O=C(OCc1nnc(C2CCOCC2)o1)C1CCOCC1. The minimum absolute atomic E-state index is 0.0480. The molecule has 0 aliphatic carbocycles. The first-order valence-corrected chi connectivity index (χ1v) is 7.47. The highest BCUT2D eigenvalue weighted by molar-refractivity contribution is 5.72. The summed E-state index contributed by atoms with van der Waals surface area (Å²) in [4.78, 5) is 11.9.